The minimum Gasteiger partial charge on any atom is -0.369 e. The molecular weight excluding hydrogens is 260 g/mol. The van der Waals surface area contributed by atoms with Crippen molar-refractivity contribution in [3.05, 3.63) is 17.8 Å². The molecule has 0 spiro atoms. The van der Waals surface area contributed by atoms with Gasteiger partial charge in [-0.25, -0.2) is 9.97 Å². The molecule has 0 aromatic carbocycles. The molecule has 2 rings (SSSR count). The van der Waals surface area contributed by atoms with E-state index in [-0.39, 0.29) is 0 Å². The van der Waals surface area contributed by atoms with Crippen molar-refractivity contribution in [2.75, 3.05) is 5.73 Å². The highest BCUT2D eigenvalue weighted by Crippen LogP contribution is 2.18. The molecule has 0 saturated carbocycles. The predicted molar refractivity (Wildman–Crippen MR) is 89.3 cm³/mol. The Balaban J connectivity index is 1.77. The highest BCUT2D eigenvalue weighted by molar-refractivity contribution is 5.74. The van der Waals surface area contributed by atoms with E-state index in [9.17, 15) is 0 Å². The van der Waals surface area contributed by atoms with Crippen LogP contribution in [0.3, 0.4) is 0 Å². The number of rotatable bonds is 9. The molecular formula is C17H28N4. The lowest BCUT2D eigenvalue weighted by atomic mass is 10.1. The summed E-state index contributed by atoms with van der Waals surface area (Å²) in [5.41, 5.74) is 8.96. The summed E-state index contributed by atoms with van der Waals surface area (Å²) in [7, 11) is 0. The number of aryl methyl sites for hydroxylation is 2. The molecule has 2 N–H and O–H groups in total. The number of aromatic nitrogens is 3. The summed E-state index contributed by atoms with van der Waals surface area (Å²) < 4.78 is 2.05. The van der Waals surface area contributed by atoms with Gasteiger partial charge in [0.2, 0.25) is 5.95 Å². The monoisotopic (exact) mass is 288 g/mol. The van der Waals surface area contributed by atoms with Crippen LogP contribution in [0.1, 0.15) is 63.9 Å². The van der Waals surface area contributed by atoms with Gasteiger partial charge in [-0.2, -0.15) is 0 Å². The second-order valence-electron chi connectivity index (χ2n) is 5.95. The summed E-state index contributed by atoms with van der Waals surface area (Å²) in [6, 6.07) is 2.04. The van der Waals surface area contributed by atoms with E-state index < -0.39 is 0 Å². The maximum Gasteiger partial charge on any atom is 0.202 e. The molecule has 0 aliphatic carbocycles. The molecule has 0 amide bonds. The van der Waals surface area contributed by atoms with Crippen molar-refractivity contribution in [2.45, 2.75) is 71.8 Å². The zero-order valence-electron chi connectivity index (χ0n) is 13.4. The average molecular weight is 288 g/mol. The first-order valence-electron chi connectivity index (χ1n) is 8.30. The van der Waals surface area contributed by atoms with Crippen LogP contribution in [-0.4, -0.2) is 14.5 Å². The van der Waals surface area contributed by atoms with Gasteiger partial charge in [0, 0.05) is 12.7 Å². The number of fused-ring (bicyclic) bond motifs is 1. The van der Waals surface area contributed by atoms with Crippen molar-refractivity contribution >= 4 is 17.1 Å². The number of nitrogens with two attached hydrogens (primary N) is 1. The second kappa shape index (κ2) is 8.01. The molecule has 0 atom stereocenters. The zero-order valence-corrected chi connectivity index (χ0v) is 13.4. The topological polar surface area (TPSA) is 56.7 Å². The molecule has 116 valence electrons. The smallest absolute Gasteiger partial charge is 0.202 e. The number of unbranched alkanes of at least 4 members (excludes halogenated alkanes) is 7. The van der Waals surface area contributed by atoms with Crippen molar-refractivity contribution in [1.29, 1.82) is 0 Å². The van der Waals surface area contributed by atoms with Crippen LogP contribution < -0.4 is 5.73 Å². The number of hydrogen-bond acceptors (Lipinski definition) is 3. The van der Waals surface area contributed by atoms with E-state index in [2.05, 4.69) is 16.9 Å². The molecule has 0 radical (unpaired) electrons. The standard InChI is InChI=1S/C17H28N4/c1-3-4-5-6-7-8-9-10-11-21-16-15(20-17(21)18)12-14(2)13-19-16/h12-13H,3-11H2,1-2H3,(H2,18,20). The lowest BCUT2D eigenvalue weighted by Gasteiger charge is -2.06. The van der Waals surface area contributed by atoms with E-state index in [1.807, 2.05) is 23.8 Å². The van der Waals surface area contributed by atoms with Crippen molar-refractivity contribution in [2.24, 2.45) is 0 Å². The van der Waals surface area contributed by atoms with E-state index in [4.69, 9.17) is 5.73 Å². The third-order valence-electron chi connectivity index (χ3n) is 3.99. The van der Waals surface area contributed by atoms with Gasteiger partial charge in [0.25, 0.3) is 0 Å². The van der Waals surface area contributed by atoms with Crippen molar-refractivity contribution in [1.82, 2.24) is 14.5 Å². The second-order valence-corrected chi connectivity index (χ2v) is 5.95. The number of nitrogens with zero attached hydrogens (tertiary/aromatic N) is 3. The fraction of sp³-hybridized carbons (Fsp3) is 0.647. The Bertz CT molecular complexity index is 559. The van der Waals surface area contributed by atoms with Crippen molar-refractivity contribution < 1.29 is 0 Å². The molecule has 0 fully saturated rings. The largest absolute Gasteiger partial charge is 0.369 e. The third kappa shape index (κ3) is 4.45. The van der Waals surface area contributed by atoms with Crippen LogP contribution in [0.15, 0.2) is 12.3 Å². The highest BCUT2D eigenvalue weighted by Gasteiger charge is 2.08. The van der Waals surface area contributed by atoms with Crippen LogP contribution >= 0.6 is 0 Å². The molecule has 4 nitrogen and oxygen atoms in total. The quantitative estimate of drug-likeness (QED) is 0.693. The lowest BCUT2D eigenvalue weighted by molar-refractivity contribution is 0.549. The van der Waals surface area contributed by atoms with Crippen LogP contribution in [0.25, 0.3) is 11.2 Å². The average Bonchev–Trinajstić information content (AvgIpc) is 2.76. The van der Waals surface area contributed by atoms with Crippen LogP contribution in [-0.2, 0) is 6.54 Å². The summed E-state index contributed by atoms with van der Waals surface area (Å²) in [6.45, 7) is 5.21. The summed E-state index contributed by atoms with van der Waals surface area (Å²) in [6.07, 6.45) is 12.4. The molecule has 0 aliphatic rings. The van der Waals surface area contributed by atoms with Gasteiger partial charge >= 0.3 is 0 Å². The number of hydrogen-bond donors (Lipinski definition) is 1. The third-order valence-corrected chi connectivity index (χ3v) is 3.99. The van der Waals surface area contributed by atoms with E-state index in [0.717, 1.165) is 29.7 Å². The molecule has 0 aliphatic heterocycles. The fourth-order valence-corrected chi connectivity index (χ4v) is 2.75. The van der Waals surface area contributed by atoms with Gasteiger partial charge in [-0.1, -0.05) is 51.9 Å². The minimum atomic E-state index is 0.589. The lowest BCUT2D eigenvalue weighted by Crippen LogP contribution is -2.04. The highest BCUT2D eigenvalue weighted by atomic mass is 15.2. The van der Waals surface area contributed by atoms with Gasteiger partial charge in [-0.05, 0) is 25.0 Å². The number of anilines is 1. The summed E-state index contributed by atoms with van der Waals surface area (Å²) in [4.78, 5) is 8.87. The maximum absolute atomic E-state index is 6.01. The first kappa shape index (κ1) is 15.8. The Morgan fingerprint density at radius 2 is 1.71 bits per heavy atom. The molecule has 0 unspecified atom stereocenters. The Labute approximate surface area is 127 Å². The van der Waals surface area contributed by atoms with E-state index in [1.165, 1.54) is 44.9 Å². The van der Waals surface area contributed by atoms with Gasteiger partial charge in [-0.3, -0.25) is 4.57 Å². The molecule has 2 aromatic heterocycles. The first-order valence-corrected chi connectivity index (χ1v) is 8.30. The molecule has 2 heterocycles. The van der Waals surface area contributed by atoms with E-state index in [0.29, 0.717) is 5.95 Å². The summed E-state index contributed by atoms with van der Waals surface area (Å²) in [5, 5.41) is 0. The van der Waals surface area contributed by atoms with Gasteiger partial charge in [-0.15, -0.1) is 0 Å². The van der Waals surface area contributed by atoms with Crippen molar-refractivity contribution in [3.63, 3.8) is 0 Å². The maximum atomic E-state index is 6.01. The Kier molecular flexibility index (Phi) is 6.03. The normalized spacial score (nSPS) is 11.3. The molecule has 2 aromatic rings. The van der Waals surface area contributed by atoms with Crippen LogP contribution in [0.4, 0.5) is 5.95 Å². The Hall–Kier alpha value is -1.58. The van der Waals surface area contributed by atoms with E-state index in [1.54, 1.807) is 0 Å². The molecule has 4 heteroatoms. The Morgan fingerprint density at radius 3 is 2.43 bits per heavy atom. The Morgan fingerprint density at radius 1 is 1.05 bits per heavy atom. The number of nitrogen functional groups attached to an aromatic ring is 1. The van der Waals surface area contributed by atoms with Gasteiger partial charge in [0.05, 0.1) is 0 Å². The van der Waals surface area contributed by atoms with Crippen LogP contribution in [0.2, 0.25) is 0 Å². The van der Waals surface area contributed by atoms with Crippen LogP contribution in [0, 0.1) is 6.92 Å². The van der Waals surface area contributed by atoms with E-state index >= 15 is 0 Å². The first-order chi connectivity index (χ1) is 10.2. The summed E-state index contributed by atoms with van der Waals surface area (Å²) in [5.74, 6) is 0.589. The molecule has 0 saturated heterocycles. The molecule has 21 heavy (non-hydrogen) atoms. The molecule has 0 bridgehead atoms. The number of pyridine rings is 1. The van der Waals surface area contributed by atoms with Gasteiger partial charge < -0.3 is 5.73 Å². The fourth-order valence-electron chi connectivity index (χ4n) is 2.75. The van der Waals surface area contributed by atoms with Crippen molar-refractivity contribution in [3.8, 4) is 0 Å². The minimum absolute atomic E-state index is 0.589. The zero-order chi connectivity index (χ0) is 15.1. The number of imidazole rings is 1. The van der Waals surface area contributed by atoms with Crippen LogP contribution in [0.5, 0.6) is 0 Å². The van der Waals surface area contributed by atoms with Gasteiger partial charge in [0.15, 0.2) is 5.65 Å². The summed E-state index contributed by atoms with van der Waals surface area (Å²) >= 11 is 0. The van der Waals surface area contributed by atoms with Gasteiger partial charge in [0.1, 0.15) is 5.52 Å². The SMILES string of the molecule is CCCCCCCCCCn1c(N)nc2cc(C)cnc21. The predicted octanol–water partition coefficient (Wildman–Crippen LogP) is 4.46.